The Kier molecular flexibility index (Phi) is 4.72. The highest BCUT2D eigenvalue weighted by atomic mass is 32.2. The molecular formula is C21H20N2O3S2. The number of hydrogen-bond donors (Lipinski definition) is 0. The average molecular weight is 413 g/mol. The lowest BCUT2D eigenvalue weighted by Gasteiger charge is -2.14. The van der Waals surface area contributed by atoms with Crippen LogP contribution in [0.3, 0.4) is 0 Å². The Bertz CT molecular complexity index is 1100. The zero-order valence-electron chi connectivity index (χ0n) is 15.3. The van der Waals surface area contributed by atoms with Gasteiger partial charge in [-0.15, -0.1) is 11.3 Å². The Labute approximate surface area is 170 Å². The van der Waals surface area contributed by atoms with Crippen LogP contribution in [0.15, 0.2) is 40.3 Å². The number of fused-ring (bicyclic) bond motifs is 3. The summed E-state index contributed by atoms with van der Waals surface area (Å²) in [5, 5.41) is 1.15. The van der Waals surface area contributed by atoms with Gasteiger partial charge in [-0.2, -0.15) is 0 Å². The maximum Gasteiger partial charge on any atom is 0.319 e. The van der Waals surface area contributed by atoms with Crippen LogP contribution in [0.2, 0.25) is 0 Å². The van der Waals surface area contributed by atoms with E-state index in [1.165, 1.54) is 27.8 Å². The lowest BCUT2D eigenvalue weighted by atomic mass is 10.1. The quantitative estimate of drug-likeness (QED) is 0.473. The first-order valence-corrected chi connectivity index (χ1v) is 11.3. The van der Waals surface area contributed by atoms with Crippen molar-refractivity contribution in [3.05, 3.63) is 56.7 Å². The Hall–Kier alpha value is -2.12. The fraction of sp³-hybridized carbons (Fsp3) is 0.381. The van der Waals surface area contributed by atoms with Gasteiger partial charge in [0.25, 0.3) is 5.56 Å². The smallest absolute Gasteiger partial charge is 0.319 e. The van der Waals surface area contributed by atoms with Gasteiger partial charge in [0.2, 0.25) is 0 Å². The third-order valence-electron chi connectivity index (χ3n) is 5.39. The molecule has 1 atom stereocenters. The molecule has 2 aromatic heterocycles. The lowest BCUT2D eigenvalue weighted by molar-refractivity contribution is -0.137. The van der Waals surface area contributed by atoms with Crippen molar-refractivity contribution in [2.24, 2.45) is 0 Å². The Balaban J connectivity index is 1.57. The number of rotatable bonds is 5. The number of cyclic esters (lactones) is 1. The second-order valence-corrected chi connectivity index (χ2v) is 9.44. The maximum absolute atomic E-state index is 13.4. The van der Waals surface area contributed by atoms with Gasteiger partial charge in [-0.05, 0) is 36.8 Å². The largest absolute Gasteiger partial charge is 0.465 e. The normalized spacial score (nSPS) is 18.6. The Morgan fingerprint density at radius 1 is 1.21 bits per heavy atom. The van der Waals surface area contributed by atoms with Crippen molar-refractivity contribution in [1.29, 1.82) is 0 Å². The molecule has 1 aliphatic carbocycles. The second kappa shape index (κ2) is 7.37. The van der Waals surface area contributed by atoms with Gasteiger partial charge in [0.1, 0.15) is 10.1 Å². The molecule has 5 nitrogen and oxygen atoms in total. The first kappa shape index (κ1) is 17.9. The molecule has 0 bridgehead atoms. The van der Waals surface area contributed by atoms with E-state index >= 15 is 0 Å². The fourth-order valence-corrected chi connectivity index (χ4v) is 6.33. The van der Waals surface area contributed by atoms with Crippen LogP contribution in [-0.2, 0) is 35.3 Å². The van der Waals surface area contributed by atoms with E-state index < -0.39 is 0 Å². The summed E-state index contributed by atoms with van der Waals surface area (Å²) in [4.78, 5) is 32.4. The third-order valence-corrected chi connectivity index (χ3v) is 7.81. The van der Waals surface area contributed by atoms with Crippen LogP contribution in [0.5, 0.6) is 0 Å². The van der Waals surface area contributed by atoms with E-state index in [2.05, 4.69) is 12.1 Å². The van der Waals surface area contributed by atoms with E-state index in [9.17, 15) is 9.59 Å². The van der Waals surface area contributed by atoms with Gasteiger partial charge in [-0.3, -0.25) is 14.2 Å². The Morgan fingerprint density at radius 3 is 2.86 bits per heavy atom. The van der Waals surface area contributed by atoms with Crippen LogP contribution in [-0.4, -0.2) is 27.4 Å². The number of benzene rings is 1. The lowest BCUT2D eigenvalue weighted by Crippen LogP contribution is -2.25. The van der Waals surface area contributed by atoms with Crippen LogP contribution < -0.4 is 5.56 Å². The minimum atomic E-state index is -0.279. The minimum absolute atomic E-state index is 0.0363. The minimum Gasteiger partial charge on any atom is -0.465 e. The third kappa shape index (κ3) is 3.16. The standard InChI is InChI=1S/C21H20N2O3S2/c24-19-17-14-7-4-8-15(14)27-18(17)22-21(28-16-10-12-26-20(16)25)23(19)11-9-13-5-2-1-3-6-13/h1-3,5-6,16H,4,7-12H2/t16-/m1/s1. The van der Waals surface area contributed by atoms with E-state index in [-0.39, 0.29) is 16.8 Å². The highest BCUT2D eigenvalue weighted by Crippen LogP contribution is 2.36. The monoisotopic (exact) mass is 412 g/mol. The van der Waals surface area contributed by atoms with Crippen LogP contribution in [0.4, 0.5) is 0 Å². The first-order chi connectivity index (χ1) is 13.7. The van der Waals surface area contributed by atoms with Crippen molar-refractivity contribution < 1.29 is 9.53 Å². The molecule has 5 rings (SSSR count). The second-order valence-electron chi connectivity index (χ2n) is 7.19. The van der Waals surface area contributed by atoms with Crippen molar-refractivity contribution in [3.8, 4) is 0 Å². The van der Waals surface area contributed by atoms with E-state index in [0.29, 0.717) is 24.7 Å². The Morgan fingerprint density at radius 2 is 2.07 bits per heavy atom. The molecule has 1 aliphatic heterocycles. The topological polar surface area (TPSA) is 61.2 Å². The SMILES string of the molecule is O=C1OCC[C@H]1Sc1nc2sc3c(c2c(=O)n1CCc1ccccc1)CCC3. The molecule has 0 amide bonds. The molecule has 0 N–H and O–H groups in total. The molecule has 0 saturated carbocycles. The summed E-state index contributed by atoms with van der Waals surface area (Å²) < 4.78 is 6.88. The number of aromatic nitrogens is 2. The summed E-state index contributed by atoms with van der Waals surface area (Å²) in [7, 11) is 0. The zero-order valence-corrected chi connectivity index (χ0v) is 17.0. The summed E-state index contributed by atoms with van der Waals surface area (Å²) in [5.41, 5.74) is 2.42. The molecular weight excluding hydrogens is 392 g/mol. The van der Waals surface area contributed by atoms with Gasteiger partial charge in [-0.25, -0.2) is 4.98 Å². The van der Waals surface area contributed by atoms with Crippen molar-refractivity contribution in [2.75, 3.05) is 6.61 Å². The number of thiophene rings is 1. The van der Waals surface area contributed by atoms with Gasteiger partial charge in [-0.1, -0.05) is 42.1 Å². The number of esters is 1. The number of thioether (sulfide) groups is 1. The number of hydrogen-bond acceptors (Lipinski definition) is 6. The molecule has 1 aromatic carbocycles. The van der Waals surface area contributed by atoms with Gasteiger partial charge in [0, 0.05) is 17.8 Å². The van der Waals surface area contributed by atoms with Crippen LogP contribution in [0.1, 0.15) is 28.8 Å². The fourth-order valence-electron chi connectivity index (χ4n) is 3.94. The van der Waals surface area contributed by atoms with E-state index in [4.69, 9.17) is 9.72 Å². The molecule has 0 spiro atoms. The summed E-state index contributed by atoms with van der Waals surface area (Å²) in [5.74, 6) is -0.206. The van der Waals surface area contributed by atoms with Gasteiger partial charge >= 0.3 is 5.97 Å². The highest BCUT2D eigenvalue weighted by Gasteiger charge is 2.30. The number of carbonyl (C=O) groups excluding carboxylic acids is 1. The molecule has 3 heterocycles. The molecule has 1 fully saturated rings. The molecule has 1 saturated heterocycles. The first-order valence-electron chi connectivity index (χ1n) is 9.63. The summed E-state index contributed by atoms with van der Waals surface area (Å²) >= 11 is 3.02. The molecule has 0 radical (unpaired) electrons. The van der Waals surface area contributed by atoms with Gasteiger partial charge < -0.3 is 4.74 Å². The number of carbonyl (C=O) groups is 1. The maximum atomic E-state index is 13.4. The number of ether oxygens (including phenoxy) is 1. The van der Waals surface area contributed by atoms with Crippen molar-refractivity contribution in [1.82, 2.24) is 9.55 Å². The highest BCUT2D eigenvalue weighted by molar-refractivity contribution is 8.00. The number of aryl methyl sites for hydroxylation is 3. The summed E-state index contributed by atoms with van der Waals surface area (Å²) in [6, 6.07) is 10.1. The summed E-state index contributed by atoms with van der Waals surface area (Å²) in [6.07, 6.45) is 4.54. The molecule has 28 heavy (non-hydrogen) atoms. The predicted octanol–water partition coefficient (Wildman–Crippen LogP) is 3.60. The van der Waals surface area contributed by atoms with Gasteiger partial charge in [0.15, 0.2) is 5.16 Å². The van der Waals surface area contributed by atoms with Crippen LogP contribution in [0, 0.1) is 0 Å². The average Bonchev–Trinajstić information content (AvgIpc) is 3.39. The van der Waals surface area contributed by atoms with Crippen molar-refractivity contribution >= 4 is 39.3 Å². The van der Waals surface area contributed by atoms with Crippen molar-refractivity contribution in [3.63, 3.8) is 0 Å². The van der Waals surface area contributed by atoms with E-state index in [0.717, 1.165) is 35.9 Å². The molecule has 7 heteroatoms. The van der Waals surface area contributed by atoms with E-state index in [1.54, 1.807) is 15.9 Å². The van der Waals surface area contributed by atoms with Crippen LogP contribution >= 0.6 is 23.1 Å². The predicted molar refractivity (Wildman–Crippen MR) is 111 cm³/mol. The summed E-state index contributed by atoms with van der Waals surface area (Å²) in [6.45, 7) is 1.00. The van der Waals surface area contributed by atoms with Gasteiger partial charge in [0.05, 0.1) is 12.0 Å². The molecule has 2 aliphatic rings. The molecule has 3 aromatic rings. The van der Waals surface area contributed by atoms with Crippen molar-refractivity contribution in [2.45, 2.75) is 49.1 Å². The number of nitrogens with zero attached hydrogens (tertiary/aromatic N) is 2. The molecule has 0 unspecified atom stereocenters. The molecule has 144 valence electrons. The van der Waals surface area contributed by atoms with E-state index in [1.807, 2.05) is 18.2 Å². The van der Waals surface area contributed by atoms with Crippen LogP contribution in [0.25, 0.3) is 10.2 Å². The zero-order chi connectivity index (χ0) is 19.1.